The number of nitrogens with one attached hydrogen (secondary N) is 1. The fourth-order valence-electron chi connectivity index (χ4n) is 1.33. The molecule has 1 heterocycles. The van der Waals surface area contributed by atoms with Crippen molar-refractivity contribution >= 4 is 27.0 Å². The first-order valence-electron chi connectivity index (χ1n) is 4.79. The number of hydrogen-bond acceptors (Lipinski definition) is 4. The van der Waals surface area contributed by atoms with Crippen LogP contribution >= 0.6 is 11.3 Å². The van der Waals surface area contributed by atoms with Crippen molar-refractivity contribution in [2.75, 3.05) is 4.72 Å². The van der Waals surface area contributed by atoms with E-state index in [2.05, 4.69) is 4.72 Å². The van der Waals surface area contributed by atoms with Crippen LogP contribution in [-0.4, -0.2) is 8.42 Å². The first-order valence-corrected chi connectivity index (χ1v) is 7.16. The lowest BCUT2D eigenvalue weighted by molar-refractivity contribution is 0.603. The summed E-state index contributed by atoms with van der Waals surface area (Å²) in [4.78, 5) is 0. The zero-order valence-electron chi connectivity index (χ0n) is 8.92. The second-order valence-corrected chi connectivity index (χ2v) is 6.17. The fourth-order valence-corrected chi connectivity index (χ4v) is 3.40. The van der Waals surface area contributed by atoms with Gasteiger partial charge in [-0.15, -0.1) is 11.3 Å². The molecule has 0 fully saturated rings. The average molecular weight is 282 g/mol. The van der Waals surface area contributed by atoms with Gasteiger partial charge in [-0.25, -0.2) is 12.8 Å². The van der Waals surface area contributed by atoms with Gasteiger partial charge in [-0.3, -0.25) is 4.72 Å². The molecule has 7 heteroatoms. The highest BCUT2D eigenvalue weighted by atomic mass is 32.2. The van der Waals surface area contributed by atoms with Crippen molar-refractivity contribution in [3.8, 4) is 6.07 Å². The minimum Gasteiger partial charge on any atom is -0.278 e. The van der Waals surface area contributed by atoms with E-state index in [1.165, 1.54) is 18.2 Å². The molecule has 0 aliphatic carbocycles. The zero-order chi connectivity index (χ0) is 13.2. The molecule has 0 spiro atoms. The molecule has 0 aliphatic rings. The van der Waals surface area contributed by atoms with E-state index in [4.69, 9.17) is 5.26 Å². The van der Waals surface area contributed by atoms with Crippen LogP contribution in [0.1, 0.15) is 5.56 Å². The van der Waals surface area contributed by atoms with Crippen LogP contribution in [-0.2, 0) is 10.0 Å². The van der Waals surface area contributed by atoms with Crippen LogP contribution in [0.5, 0.6) is 0 Å². The molecule has 1 N–H and O–H groups in total. The Hall–Kier alpha value is -1.91. The van der Waals surface area contributed by atoms with Crippen LogP contribution in [0, 0.1) is 17.1 Å². The molecule has 1 aromatic carbocycles. The number of nitriles is 1. The minimum atomic E-state index is -3.77. The highest BCUT2D eigenvalue weighted by molar-refractivity contribution is 7.94. The molecule has 0 radical (unpaired) electrons. The van der Waals surface area contributed by atoms with Gasteiger partial charge in [-0.2, -0.15) is 5.26 Å². The Morgan fingerprint density at radius 3 is 2.67 bits per heavy atom. The normalized spacial score (nSPS) is 10.9. The van der Waals surface area contributed by atoms with Crippen molar-refractivity contribution in [3.63, 3.8) is 0 Å². The SMILES string of the molecule is N#Cc1c(F)cccc1NS(=O)(=O)c1cccs1. The van der Waals surface area contributed by atoms with Gasteiger partial charge in [0.05, 0.1) is 5.69 Å². The predicted molar refractivity (Wildman–Crippen MR) is 66.2 cm³/mol. The van der Waals surface area contributed by atoms with Gasteiger partial charge >= 0.3 is 0 Å². The van der Waals surface area contributed by atoms with Crippen molar-refractivity contribution in [2.45, 2.75) is 4.21 Å². The maximum atomic E-state index is 13.3. The molecule has 1 aromatic heterocycles. The van der Waals surface area contributed by atoms with E-state index < -0.39 is 15.8 Å². The van der Waals surface area contributed by atoms with Crippen LogP contribution in [0.2, 0.25) is 0 Å². The van der Waals surface area contributed by atoms with Crippen molar-refractivity contribution in [1.29, 1.82) is 5.26 Å². The summed E-state index contributed by atoms with van der Waals surface area (Å²) in [6, 6.07) is 8.43. The molecule has 0 saturated carbocycles. The summed E-state index contributed by atoms with van der Waals surface area (Å²) in [6.07, 6.45) is 0. The predicted octanol–water partition coefficient (Wildman–Crippen LogP) is 2.56. The number of hydrogen-bond donors (Lipinski definition) is 1. The third-order valence-corrected chi connectivity index (χ3v) is 4.89. The van der Waals surface area contributed by atoms with Gasteiger partial charge in [0.1, 0.15) is 21.7 Å². The number of rotatable bonds is 3. The second-order valence-electron chi connectivity index (χ2n) is 3.31. The second kappa shape index (κ2) is 4.76. The molecule has 0 unspecified atom stereocenters. The van der Waals surface area contributed by atoms with Crippen molar-refractivity contribution in [1.82, 2.24) is 0 Å². The lowest BCUT2D eigenvalue weighted by Crippen LogP contribution is -2.12. The van der Waals surface area contributed by atoms with Gasteiger partial charge < -0.3 is 0 Å². The molecule has 18 heavy (non-hydrogen) atoms. The first kappa shape index (κ1) is 12.5. The lowest BCUT2D eigenvalue weighted by Gasteiger charge is -2.07. The third-order valence-electron chi connectivity index (χ3n) is 2.13. The molecule has 2 aromatic rings. The van der Waals surface area contributed by atoms with Gasteiger partial charge in [0.15, 0.2) is 0 Å². The standard InChI is InChI=1S/C11H7FN2O2S2/c12-9-3-1-4-10(8(9)7-13)14-18(15,16)11-5-2-6-17-11/h1-6,14H. The van der Waals surface area contributed by atoms with E-state index in [-0.39, 0.29) is 15.5 Å². The first-order chi connectivity index (χ1) is 8.54. The van der Waals surface area contributed by atoms with Crippen LogP contribution < -0.4 is 4.72 Å². The van der Waals surface area contributed by atoms with E-state index in [1.54, 1.807) is 17.5 Å². The number of sulfonamides is 1. The van der Waals surface area contributed by atoms with Crippen LogP contribution in [0.15, 0.2) is 39.9 Å². The highest BCUT2D eigenvalue weighted by Gasteiger charge is 2.18. The van der Waals surface area contributed by atoms with E-state index in [0.717, 1.165) is 17.4 Å². The van der Waals surface area contributed by atoms with Crippen LogP contribution in [0.3, 0.4) is 0 Å². The van der Waals surface area contributed by atoms with E-state index >= 15 is 0 Å². The Morgan fingerprint density at radius 1 is 1.28 bits per heavy atom. The molecule has 0 amide bonds. The maximum absolute atomic E-state index is 13.3. The molecular weight excluding hydrogens is 275 g/mol. The van der Waals surface area contributed by atoms with E-state index in [1.807, 2.05) is 0 Å². The number of halogens is 1. The van der Waals surface area contributed by atoms with Crippen molar-refractivity contribution in [2.24, 2.45) is 0 Å². The van der Waals surface area contributed by atoms with Gasteiger partial charge in [0.2, 0.25) is 0 Å². The summed E-state index contributed by atoms with van der Waals surface area (Å²) in [5.74, 6) is -0.760. The Bertz CT molecular complexity index is 703. The maximum Gasteiger partial charge on any atom is 0.271 e. The molecule has 92 valence electrons. The Kier molecular flexibility index (Phi) is 3.32. The summed E-state index contributed by atoms with van der Waals surface area (Å²) >= 11 is 1.04. The van der Waals surface area contributed by atoms with Gasteiger partial charge in [0, 0.05) is 0 Å². The number of thiophene rings is 1. The summed E-state index contributed by atoms with van der Waals surface area (Å²) < 4.78 is 39.4. The molecular formula is C11H7FN2O2S2. The highest BCUT2D eigenvalue weighted by Crippen LogP contribution is 2.23. The summed E-state index contributed by atoms with van der Waals surface area (Å²) in [5.41, 5.74) is -0.386. The Labute approximate surface area is 107 Å². The molecule has 0 atom stereocenters. The number of anilines is 1. The molecule has 4 nitrogen and oxygen atoms in total. The number of nitrogens with zero attached hydrogens (tertiary/aromatic N) is 1. The van der Waals surface area contributed by atoms with Crippen LogP contribution in [0.4, 0.5) is 10.1 Å². The molecule has 0 saturated heterocycles. The summed E-state index contributed by atoms with van der Waals surface area (Å²) in [5, 5.41) is 10.4. The fraction of sp³-hybridized carbons (Fsp3) is 0. The summed E-state index contributed by atoms with van der Waals surface area (Å²) in [7, 11) is -3.77. The topological polar surface area (TPSA) is 70.0 Å². The van der Waals surface area contributed by atoms with Crippen LogP contribution in [0.25, 0.3) is 0 Å². The largest absolute Gasteiger partial charge is 0.278 e. The molecule has 2 rings (SSSR count). The van der Waals surface area contributed by atoms with Crippen molar-refractivity contribution < 1.29 is 12.8 Å². The number of benzene rings is 1. The zero-order valence-corrected chi connectivity index (χ0v) is 10.6. The Morgan fingerprint density at radius 2 is 2.06 bits per heavy atom. The van der Waals surface area contributed by atoms with E-state index in [0.29, 0.717) is 0 Å². The third kappa shape index (κ3) is 2.34. The van der Waals surface area contributed by atoms with Crippen molar-refractivity contribution in [3.05, 3.63) is 47.1 Å². The van der Waals surface area contributed by atoms with E-state index in [9.17, 15) is 12.8 Å². The monoisotopic (exact) mass is 282 g/mol. The Balaban J connectivity index is 2.43. The quantitative estimate of drug-likeness (QED) is 0.940. The smallest absolute Gasteiger partial charge is 0.271 e. The average Bonchev–Trinajstić information content (AvgIpc) is 2.83. The summed E-state index contributed by atoms with van der Waals surface area (Å²) in [6.45, 7) is 0. The lowest BCUT2D eigenvalue weighted by atomic mass is 10.2. The van der Waals surface area contributed by atoms with Gasteiger partial charge in [0.25, 0.3) is 10.0 Å². The van der Waals surface area contributed by atoms with Gasteiger partial charge in [-0.1, -0.05) is 12.1 Å². The minimum absolute atomic E-state index is 0.0640. The molecule has 0 bridgehead atoms. The molecule has 0 aliphatic heterocycles. The van der Waals surface area contributed by atoms with Gasteiger partial charge in [-0.05, 0) is 23.6 Å².